The third-order valence-electron chi connectivity index (χ3n) is 2.24. The maximum absolute atomic E-state index is 11.4. The maximum Gasteiger partial charge on any atom is 0.311 e. The number of hydrogen-bond acceptors (Lipinski definition) is 6. The van der Waals surface area contributed by atoms with Crippen molar-refractivity contribution < 1.29 is 14.3 Å². The first-order valence-electron chi connectivity index (χ1n) is 6.11. The van der Waals surface area contributed by atoms with Crippen molar-refractivity contribution in [3.8, 4) is 0 Å². The molecular formula is C12H17N3O4S. The molecule has 0 bridgehead atoms. The van der Waals surface area contributed by atoms with Gasteiger partial charge in [-0.15, -0.1) is 0 Å². The lowest BCUT2D eigenvalue weighted by atomic mass is 10.3. The normalized spacial score (nSPS) is 10.1. The van der Waals surface area contributed by atoms with Gasteiger partial charge in [0.05, 0.1) is 25.0 Å². The van der Waals surface area contributed by atoms with Gasteiger partial charge in [-0.05, 0) is 6.42 Å². The minimum Gasteiger partial charge on any atom is -0.469 e. The van der Waals surface area contributed by atoms with Crippen molar-refractivity contribution >= 4 is 23.6 Å². The summed E-state index contributed by atoms with van der Waals surface area (Å²) in [7, 11) is 1.27. The number of methoxy groups -OCH3 is 1. The summed E-state index contributed by atoms with van der Waals surface area (Å²) in [5.74, 6) is -0.442. The van der Waals surface area contributed by atoms with Crippen LogP contribution < -0.4 is 10.9 Å². The summed E-state index contributed by atoms with van der Waals surface area (Å²) in [5, 5.41) is 3.03. The molecule has 0 radical (unpaired) electrons. The van der Waals surface area contributed by atoms with E-state index in [-0.39, 0.29) is 23.6 Å². The van der Waals surface area contributed by atoms with Gasteiger partial charge in [-0.3, -0.25) is 14.4 Å². The second kappa shape index (κ2) is 8.36. The van der Waals surface area contributed by atoms with Crippen LogP contribution in [0.5, 0.6) is 0 Å². The Kier molecular flexibility index (Phi) is 6.78. The van der Waals surface area contributed by atoms with Gasteiger partial charge in [0.15, 0.2) is 5.16 Å². The van der Waals surface area contributed by atoms with Crippen LogP contribution in [0.15, 0.2) is 16.0 Å². The van der Waals surface area contributed by atoms with Gasteiger partial charge in [-0.2, -0.15) is 0 Å². The van der Waals surface area contributed by atoms with Crippen LogP contribution in [0.2, 0.25) is 0 Å². The first-order valence-corrected chi connectivity index (χ1v) is 7.10. The number of esters is 1. The summed E-state index contributed by atoms with van der Waals surface area (Å²) in [6.45, 7) is 2.58. The van der Waals surface area contributed by atoms with Crippen LogP contribution in [0.4, 0.5) is 0 Å². The number of rotatable bonds is 7. The Morgan fingerprint density at radius 3 is 2.90 bits per heavy atom. The minimum absolute atomic E-state index is 0.0734. The molecular weight excluding hydrogens is 282 g/mol. The highest BCUT2D eigenvalue weighted by atomic mass is 32.2. The Bertz CT molecular complexity index is 530. The van der Waals surface area contributed by atoms with Crippen molar-refractivity contribution in [2.45, 2.75) is 24.9 Å². The number of nitrogens with one attached hydrogen (secondary N) is 2. The summed E-state index contributed by atoms with van der Waals surface area (Å²) in [6, 6.07) is 1.23. The predicted octanol–water partition coefficient (Wildman–Crippen LogP) is 0.104. The molecule has 0 fully saturated rings. The van der Waals surface area contributed by atoms with Crippen LogP contribution >= 0.6 is 11.8 Å². The van der Waals surface area contributed by atoms with E-state index in [9.17, 15) is 14.4 Å². The molecule has 1 rings (SSSR count). The first-order chi connectivity index (χ1) is 9.55. The number of carbonyl (C=O) groups is 2. The Morgan fingerprint density at radius 2 is 2.25 bits per heavy atom. The molecule has 1 heterocycles. The molecule has 0 saturated heterocycles. The van der Waals surface area contributed by atoms with Crippen molar-refractivity contribution in [1.29, 1.82) is 0 Å². The summed E-state index contributed by atoms with van der Waals surface area (Å²) >= 11 is 1.11. The van der Waals surface area contributed by atoms with E-state index in [1.165, 1.54) is 13.2 Å². The molecule has 0 spiro atoms. The smallest absolute Gasteiger partial charge is 0.311 e. The van der Waals surface area contributed by atoms with E-state index in [1.807, 2.05) is 6.92 Å². The highest BCUT2D eigenvalue weighted by molar-refractivity contribution is 7.99. The average Bonchev–Trinajstić information content (AvgIpc) is 2.42. The molecule has 8 heteroatoms. The summed E-state index contributed by atoms with van der Waals surface area (Å²) < 4.78 is 4.51. The third kappa shape index (κ3) is 5.87. The van der Waals surface area contributed by atoms with Gasteiger partial charge in [0.2, 0.25) is 5.91 Å². The van der Waals surface area contributed by atoms with Crippen LogP contribution in [0.3, 0.4) is 0 Å². The molecule has 20 heavy (non-hydrogen) atoms. The summed E-state index contributed by atoms with van der Waals surface area (Å²) in [6.07, 6.45) is 0.788. The number of nitrogens with zero attached hydrogens (tertiary/aromatic N) is 1. The third-order valence-corrected chi connectivity index (χ3v) is 3.11. The fourth-order valence-electron chi connectivity index (χ4n) is 1.31. The van der Waals surface area contributed by atoms with Gasteiger partial charge in [-0.25, -0.2) is 4.98 Å². The van der Waals surface area contributed by atoms with Gasteiger partial charge in [0.25, 0.3) is 5.56 Å². The number of thioether (sulfide) groups is 1. The Labute approximate surface area is 120 Å². The molecule has 0 saturated carbocycles. The van der Waals surface area contributed by atoms with Crippen molar-refractivity contribution in [2.24, 2.45) is 0 Å². The fourth-order valence-corrected chi connectivity index (χ4v) is 2.04. The van der Waals surface area contributed by atoms with Crippen LogP contribution in [0.25, 0.3) is 0 Å². The summed E-state index contributed by atoms with van der Waals surface area (Å²) in [4.78, 5) is 40.6. The van der Waals surface area contributed by atoms with Crippen molar-refractivity contribution in [1.82, 2.24) is 15.3 Å². The largest absolute Gasteiger partial charge is 0.469 e. The lowest BCUT2D eigenvalue weighted by molar-refractivity contribution is -0.139. The van der Waals surface area contributed by atoms with Crippen LogP contribution in [0.1, 0.15) is 19.0 Å². The zero-order valence-corrected chi connectivity index (χ0v) is 12.2. The number of ether oxygens (including phenoxy) is 1. The molecule has 1 amide bonds. The second-order valence-corrected chi connectivity index (χ2v) is 4.90. The highest BCUT2D eigenvalue weighted by Crippen LogP contribution is 2.11. The minimum atomic E-state index is -0.472. The molecule has 110 valence electrons. The van der Waals surface area contributed by atoms with E-state index >= 15 is 0 Å². The van der Waals surface area contributed by atoms with Crippen LogP contribution in [-0.2, 0) is 20.7 Å². The molecule has 0 unspecified atom stereocenters. The van der Waals surface area contributed by atoms with E-state index in [1.54, 1.807) is 0 Å². The molecule has 7 nitrogen and oxygen atoms in total. The van der Waals surface area contributed by atoms with Crippen molar-refractivity contribution in [3.63, 3.8) is 0 Å². The summed E-state index contributed by atoms with van der Waals surface area (Å²) in [5.41, 5.74) is -0.0487. The molecule has 2 N–H and O–H groups in total. The van der Waals surface area contributed by atoms with Gasteiger partial charge < -0.3 is 15.0 Å². The van der Waals surface area contributed by atoms with Crippen molar-refractivity contribution in [3.05, 3.63) is 22.1 Å². The van der Waals surface area contributed by atoms with Gasteiger partial charge in [-0.1, -0.05) is 18.7 Å². The molecule has 0 aliphatic rings. The van der Waals surface area contributed by atoms with E-state index in [2.05, 4.69) is 20.0 Å². The average molecular weight is 299 g/mol. The second-order valence-electron chi connectivity index (χ2n) is 3.93. The Hall–Kier alpha value is -1.83. The molecule has 1 aromatic heterocycles. The highest BCUT2D eigenvalue weighted by Gasteiger charge is 2.09. The number of aromatic nitrogens is 2. The number of amides is 1. The predicted molar refractivity (Wildman–Crippen MR) is 74.6 cm³/mol. The molecule has 0 aromatic carbocycles. The van der Waals surface area contributed by atoms with E-state index in [4.69, 9.17) is 0 Å². The van der Waals surface area contributed by atoms with E-state index in [0.717, 1.165) is 18.2 Å². The SMILES string of the molecule is CCCNC(=O)CSc1nc(CC(=O)OC)cc(=O)[nH]1. The molecule has 0 aliphatic carbocycles. The number of carbonyl (C=O) groups excluding carboxylic acids is 2. The number of aromatic amines is 1. The Balaban J connectivity index is 2.64. The van der Waals surface area contributed by atoms with Gasteiger partial charge in [0.1, 0.15) is 0 Å². The van der Waals surface area contributed by atoms with Gasteiger partial charge >= 0.3 is 5.97 Å². The number of H-pyrrole nitrogens is 1. The van der Waals surface area contributed by atoms with Crippen molar-refractivity contribution in [2.75, 3.05) is 19.4 Å². The lowest BCUT2D eigenvalue weighted by Crippen LogP contribution is -2.26. The van der Waals surface area contributed by atoms with Crippen LogP contribution in [-0.4, -0.2) is 41.3 Å². The first kappa shape index (κ1) is 16.2. The van der Waals surface area contributed by atoms with E-state index in [0.29, 0.717) is 17.4 Å². The lowest BCUT2D eigenvalue weighted by Gasteiger charge is -2.04. The van der Waals surface area contributed by atoms with Gasteiger partial charge in [0, 0.05) is 12.6 Å². The molecule has 0 atom stereocenters. The van der Waals surface area contributed by atoms with Crippen LogP contribution in [0, 0.1) is 0 Å². The number of hydrogen-bond donors (Lipinski definition) is 2. The molecule has 0 aliphatic heterocycles. The topological polar surface area (TPSA) is 101 Å². The fraction of sp³-hybridized carbons (Fsp3) is 0.500. The monoisotopic (exact) mass is 299 g/mol. The zero-order chi connectivity index (χ0) is 15.0. The van der Waals surface area contributed by atoms with E-state index < -0.39 is 5.97 Å². The maximum atomic E-state index is 11.4. The molecule has 1 aromatic rings. The Morgan fingerprint density at radius 1 is 1.50 bits per heavy atom. The standard InChI is InChI=1S/C12H17N3O4S/c1-3-4-13-10(17)7-20-12-14-8(5-9(16)15-12)6-11(18)19-2/h5H,3-4,6-7H2,1-2H3,(H,13,17)(H,14,15,16). The quantitative estimate of drug-likeness (QED) is 0.421. The zero-order valence-electron chi connectivity index (χ0n) is 11.4.